The maximum absolute atomic E-state index is 6.06. The number of halogens is 1. The van der Waals surface area contributed by atoms with Gasteiger partial charge in [-0.3, -0.25) is 0 Å². The van der Waals surface area contributed by atoms with Crippen LogP contribution in [0.3, 0.4) is 0 Å². The molecule has 2 aromatic rings. The molecule has 1 aromatic carbocycles. The zero-order chi connectivity index (χ0) is 14.5. The summed E-state index contributed by atoms with van der Waals surface area (Å²) in [7, 11) is 0. The summed E-state index contributed by atoms with van der Waals surface area (Å²) < 4.78 is 6.80. The monoisotopic (exact) mass is 309 g/mol. The van der Waals surface area contributed by atoms with Gasteiger partial charge in [-0.25, -0.2) is 0 Å². The van der Waals surface area contributed by atoms with Crippen molar-refractivity contribution >= 4 is 22.9 Å². The Balaban J connectivity index is 2.12. The first-order valence-electron chi connectivity index (χ1n) is 6.81. The lowest BCUT2D eigenvalue weighted by atomic mass is 10.0. The Morgan fingerprint density at radius 3 is 2.75 bits per heavy atom. The van der Waals surface area contributed by atoms with Gasteiger partial charge < -0.3 is 10.5 Å². The first-order valence-corrected chi connectivity index (χ1v) is 8.00. The van der Waals surface area contributed by atoms with Crippen LogP contribution in [0.25, 0.3) is 0 Å². The van der Waals surface area contributed by atoms with Gasteiger partial charge in [-0.2, -0.15) is 0 Å². The molecular formula is C16H20ClNOS. The van der Waals surface area contributed by atoms with Crippen molar-refractivity contribution in [1.29, 1.82) is 0 Å². The molecule has 2 N–H and O–H groups in total. The average molecular weight is 310 g/mol. The van der Waals surface area contributed by atoms with Gasteiger partial charge in [0, 0.05) is 10.9 Å². The van der Waals surface area contributed by atoms with E-state index in [9.17, 15) is 0 Å². The highest BCUT2D eigenvalue weighted by molar-refractivity contribution is 7.16. The molecule has 0 saturated heterocycles. The van der Waals surface area contributed by atoms with Crippen molar-refractivity contribution in [1.82, 2.24) is 0 Å². The molecule has 0 aliphatic rings. The molecule has 2 rings (SSSR count). The smallest absolute Gasteiger partial charge is 0.126 e. The molecule has 0 spiro atoms. The Morgan fingerprint density at radius 1 is 1.30 bits per heavy atom. The predicted molar refractivity (Wildman–Crippen MR) is 86.8 cm³/mol. The summed E-state index contributed by atoms with van der Waals surface area (Å²) in [6.07, 6.45) is 1.81. The molecule has 4 heteroatoms. The maximum Gasteiger partial charge on any atom is 0.126 e. The molecule has 0 saturated carbocycles. The molecule has 1 aromatic heterocycles. The van der Waals surface area contributed by atoms with E-state index in [1.165, 1.54) is 5.56 Å². The number of hydrogen-bond donors (Lipinski definition) is 1. The Morgan fingerprint density at radius 2 is 2.10 bits per heavy atom. The molecule has 0 fully saturated rings. The lowest BCUT2D eigenvalue weighted by Crippen LogP contribution is -2.21. The topological polar surface area (TPSA) is 35.2 Å². The van der Waals surface area contributed by atoms with Gasteiger partial charge in [0.15, 0.2) is 0 Å². The van der Waals surface area contributed by atoms with Crippen LogP contribution in [0, 0.1) is 6.92 Å². The minimum atomic E-state index is 0.176. The fourth-order valence-electron chi connectivity index (χ4n) is 2.08. The van der Waals surface area contributed by atoms with Gasteiger partial charge in [0.2, 0.25) is 0 Å². The van der Waals surface area contributed by atoms with Crippen LogP contribution >= 0.6 is 22.9 Å². The van der Waals surface area contributed by atoms with E-state index in [1.807, 2.05) is 12.1 Å². The molecule has 1 unspecified atom stereocenters. The number of thiophene rings is 1. The Bertz CT molecular complexity index is 567. The Labute approximate surface area is 129 Å². The van der Waals surface area contributed by atoms with Crippen molar-refractivity contribution in [3.63, 3.8) is 0 Å². The highest BCUT2D eigenvalue weighted by Gasteiger charge is 2.11. The van der Waals surface area contributed by atoms with Crippen LogP contribution < -0.4 is 10.5 Å². The Hall–Kier alpha value is -1.03. The van der Waals surface area contributed by atoms with Gasteiger partial charge >= 0.3 is 0 Å². The van der Waals surface area contributed by atoms with Crippen LogP contribution in [0.15, 0.2) is 30.3 Å². The van der Waals surface area contributed by atoms with Gasteiger partial charge in [-0.05, 0) is 43.0 Å². The van der Waals surface area contributed by atoms with E-state index in [0.717, 1.165) is 33.4 Å². The van der Waals surface area contributed by atoms with Crippen LogP contribution in [0.4, 0.5) is 0 Å². The van der Waals surface area contributed by atoms with E-state index in [4.69, 9.17) is 22.1 Å². The molecule has 0 bridgehead atoms. The van der Waals surface area contributed by atoms with Crippen molar-refractivity contribution in [3.05, 3.63) is 50.7 Å². The maximum atomic E-state index is 6.06. The molecule has 0 aliphatic carbocycles. The number of benzene rings is 1. The first kappa shape index (κ1) is 15.4. The molecule has 1 heterocycles. The van der Waals surface area contributed by atoms with Gasteiger partial charge in [0.1, 0.15) is 12.4 Å². The molecule has 108 valence electrons. The summed E-state index contributed by atoms with van der Waals surface area (Å²) in [4.78, 5) is 1.13. The van der Waals surface area contributed by atoms with Crippen LogP contribution in [-0.4, -0.2) is 6.04 Å². The van der Waals surface area contributed by atoms with Gasteiger partial charge in [-0.15, -0.1) is 11.3 Å². The molecular weight excluding hydrogens is 290 g/mol. The largest absolute Gasteiger partial charge is 0.488 e. The van der Waals surface area contributed by atoms with Crippen molar-refractivity contribution < 1.29 is 4.74 Å². The Kier molecular flexibility index (Phi) is 5.46. The summed E-state index contributed by atoms with van der Waals surface area (Å²) >= 11 is 7.49. The van der Waals surface area contributed by atoms with Crippen LogP contribution in [0.5, 0.6) is 5.75 Å². The van der Waals surface area contributed by atoms with E-state index in [1.54, 1.807) is 11.3 Å². The number of ether oxygens (including phenoxy) is 1. The zero-order valence-electron chi connectivity index (χ0n) is 11.9. The van der Waals surface area contributed by atoms with Crippen LogP contribution in [-0.2, 0) is 13.0 Å². The molecule has 0 radical (unpaired) electrons. The lowest BCUT2D eigenvalue weighted by Gasteiger charge is -2.16. The predicted octanol–water partition coefficient (Wildman–Crippen LogP) is 4.57. The normalized spacial score (nSPS) is 12.4. The van der Waals surface area contributed by atoms with Crippen molar-refractivity contribution in [2.45, 2.75) is 39.3 Å². The first-order chi connectivity index (χ1) is 9.60. The summed E-state index contributed by atoms with van der Waals surface area (Å²) in [5, 5.41) is 0. The van der Waals surface area contributed by atoms with E-state index >= 15 is 0 Å². The second-order valence-electron chi connectivity index (χ2n) is 4.93. The summed E-state index contributed by atoms with van der Waals surface area (Å²) in [5.74, 6) is 0.959. The summed E-state index contributed by atoms with van der Waals surface area (Å²) in [6, 6.07) is 10.3. The second kappa shape index (κ2) is 7.11. The van der Waals surface area contributed by atoms with E-state index in [0.29, 0.717) is 6.61 Å². The van der Waals surface area contributed by atoms with E-state index in [-0.39, 0.29) is 6.04 Å². The van der Waals surface area contributed by atoms with Crippen molar-refractivity contribution in [2.24, 2.45) is 5.73 Å². The fraction of sp³-hybridized carbons (Fsp3) is 0.375. The van der Waals surface area contributed by atoms with Gasteiger partial charge in [0.25, 0.3) is 0 Å². The second-order valence-corrected chi connectivity index (χ2v) is 6.73. The minimum absolute atomic E-state index is 0.176. The molecule has 1 atom stereocenters. The summed E-state index contributed by atoms with van der Waals surface area (Å²) in [5.41, 5.74) is 8.39. The van der Waals surface area contributed by atoms with Crippen molar-refractivity contribution in [2.75, 3.05) is 0 Å². The zero-order valence-corrected chi connectivity index (χ0v) is 13.4. The number of para-hydroxylation sites is 1. The highest BCUT2D eigenvalue weighted by atomic mass is 35.5. The standard InChI is InChI=1S/C16H20ClNOS/c1-3-13(18)9-12-6-4-5-11(2)16(12)19-10-14-7-8-15(17)20-14/h4-8,13H,3,9-10,18H2,1-2H3. The lowest BCUT2D eigenvalue weighted by molar-refractivity contribution is 0.303. The molecule has 0 amide bonds. The summed E-state index contributed by atoms with van der Waals surface area (Å²) in [6.45, 7) is 4.73. The minimum Gasteiger partial charge on any atom is -0.488 e. The third-order valence-corrected chi connectivity index (χ3v) is 4.49. The van der Waals surface area contributed by atoms with Gasteiger partial charge in [0.05, 0.1) is 4.34 Å². The third kappa shape index (κ3) is 3.98. The van der Waals surface area contributed by atoms with Gasteiger partial charge in [-0.1, -0.05) is 36.7 Å². The number of aryl methyl sites for hydroxylation is 1. The number of hydrogen-bond acceptors (Lipinski definition) is 3. The molecule has 20 heavy (non-hydrogen) atoms. The van der Waals surface area contributed by atoms with E-state index < -0.39 is 0 Å². The van der Waals surface area contributed by atoms with E-state index in [2.05, 4.69) is 32.0 Å². The molecule has 2 nitrogen and oxygen atoms in total. The SMILES string of the molecule is CCC(N)Cc1cccc(C)c1OCc1ccc(Cl)s1. The van der Waals surface area contributed by atoms with Crippen LogP contribution in [0.1, 0.15) is 29.3 Å². The third-order valence-electron chi connectivity index (χ3n) is 3.29. The number of nitrogens with two attached hydrogens (primary N) is 1. The van der Waals surface area contributed by atoms with Crippen LogP contribution in [0.2, 0.25) is 4.34 Å². The molecule has 0 aliphatic heterocycles. The highest BCUT2D eigenvalue weighted by Crippen LogP contribution is 2.28. The fourth-order valence-corrected chi connectivity index (χ4v) is 3.08. The average Bonchev–Trinajstić information content (AvgIpc) is 2.83. The number of rotatable bonds is 6. The van der Waals surface area contributed by atoms with Crippen molar-refractivity contribution in [3.8, 4) is 5.75 Å². The quantitative estimate of drug-likeness (QED) is 0.848.